The molecule has 3 fully saturated rings. The SMILES string of the molecule is C[C@]12CCC3C(CC[C@@H]4C[C@H](O)CC[C@]34C)C1CC=C2c1cccnc1. The lowest BCUT2D eigenvalue weighted by Crippen LogP contribution is -2.53. The lowest BCUT2D eigenvalue weighted by Gasteiger charge is -2.60. The summed E-state index contributed by atoms with van der Waals surface area (Å²) in [6.07, 6.45) is 16.4. The highest BCUT2D eigenvalue weighted by Crippen LogP contribution is 2.67. The largest absolute Gasteiger partial charge is 0.393 e. The van der Waals surface area contributed by atoms with Gasteiger partial charge in [0.2, 0.25) is 0 Å². The van der Waals surface area contributed by atoms with E-state index in [1.54, 1.807) is 5.57 Å². The number of allylic oxidation sites excluding steroid dienone is 2. The molecule has 1 aromatic rings. The molecule has 0 aliphatic heterocycles. The van der Waals surface area contributed by atoms with Crippen molar-refractivity contribution in [1.29, 1.82) is 0 Å². The van der Waals surface area contributed by atoms with E-state index in [2.05, 4.69) is 43.2 Å². The molecule has 26 heavy (non-hydrogen) atoms. The molecule has 1 aromatic heterocycles. The number of pyridine rings is 1. The van der Waals surface area contributed by atoms with Gasteiger partial charge in [0.15, 0.2) is 0 Å². The normalized spacial score (nSPS) is 47.5. The topological polar surface area (TPSA) is 33.1 Å². The predicted octanol–water partition coefficient (Wildman–Crippen LogP) is 5.48. The zero-order valence-corrected chi connectivity index (χ0v) is 16.3. The molecule has 4 aliphatic carbocycles. The quantitative estimate of drug-likeness (QED) is 0.727. The summed E-state index contributed by atoms with van der Waals surface area (Å²) < 4.78 is 0. The van der Waals surface area contributed by atoms with E-state index in [0.717, 1.165) is 36.5 Å². The minimum absolute atomic E-state index is 0.0381. The summed E-state index contributed by atoms with van der Waals surface area (Å²) in [6.45, 7) is 5.12. The first-order valence-electron chi connectivity index (χ1n) is 10.8. The molecule has 5 rings (SSSR count). The Balaban J connectivity index is 1.44. The van der Waals surface area contributed by atoms with E-state index in [-0.39, 0.29) is 6.10 Å². The average Bonchev–Trinajstić information content (AvgIpc) is 3.00. The van der Waals surface area contributed by atoms with Crippen LogP contribution in [0, 0.1) is 34.5 Å². The highest BCUT2D eigenvalue weighted by Gasteiger charge is 2.58. The van der Waals surface area contributed by atoms with Crippen molar-refractivity contribution in [3.8, 4) is 0 Å². The van der Waals surface area contributed by atoms with E-state index < -0.39 is 0 Å². The van der Waals surface area contributed by atoms with Crippen LogP contribution < -0.4 is 0 Å². The minimum atomic E-state index is -0.0381. The monoisotopic (exact) mass is 351 g/mol. The summed E-state index contributed by atoms with van der Waals surface area (Å²) in [5, 5.41) is 10.2. The molecule has 0 saturated heterocycles. The maximum Gasteiger partial charge on any atom is 0.0543 e. The Kier molecular flexibility index (Phi) is 3.87. The smallest absolute Gasteiger partial charge is 0.0543 e. The highest BCUT2D eigenvalue weighted by molar-refractivity contribution is 5.72. The molecule has 1 N–H and O–H groups in total. The molecule has 4 aliphatic rings. The van der Waals surface area contributed by atoms with Gasteiger partial charge in [0, 0.05) is 12.4 Å². The van der Waals surface area contributed by atoms with Gasteiger partial charge in [0.25, 0.3) is 0 Å². The number of aromatic nitrogens is 1. The summed E-state index contributed by atoms with van der Waals surface area (Å²) in [5.74, 6) is 3.30. The van der Waals surface area contributed by atoms with Gasteiger partial charge in [0.05, 0.1) is 6.10 Å². The van der Waals surface area contributed by atoms with Crippen LogP contribution >= 0.6 is 0 Å². The van der Waals surface area contributed by atoms with Gasteiger partial charge < -0.3 is 5.11 Å². The van der Waals surface area contributed by atoms with Crippen LogP contribution in [0.25, 0.3) is 5.57 Å². The van der Waals surface area contributed by atoms with Gasteiger partial charge in [-0.15, -0.1) is 0 Å². The third-order valence-electron chi connectivity index (χ3n) is 9.19. The Bertz CT molecular complexity index is 712. The summed E-state index contributed by atoms with van der Waals surface area (Å²) >= 11 is 0. The van der Waals surface area contributed by atoms with E-state index in [4.69, 9.17) is 0 Å². The number of hydrogen-bond donors (Lipinski definition) is 1. The van der Waals surface area contributed by atoms with Crippen molar-refractivity contribution in [3.63, 3.8) is 0 Å². The Hall–Kier alpha value is -1.15. The fraction of sp³-hybridized carbons (Fsp3) is 0.708. The van der Waals surface area contributed by atoms with Crippen LogP contribution in [0.2, 0.25) is 0 Å². The number of fused-ring (bicyclic) bond motifs is 5. The second-order valence-electron chi connectivity index (χ2n) is 10.1. The molecule has 3 saturated carbocycles. The third kappa shape index (κ3) is 2.30. The van der Waals surface area contributed by atoms with Gasteiger partial charge in [-0.05, 0) is 103 Å². The molecule has 0 spiro atoms. The number of aliphatic hydroxyl groups excluding tert-OH is 1. The maximum atomic E-state index is 10.2. The fourth-order valence-electron chi connectivity index (χ4n) is 7.77. The Morgan fingerprint density at radius 2 is 1.96 bits per heavy atom. The van der Waals surface area contributed by atoms with Gasteiger partial charge in [-0.3, -0.25) is 4.98 Å². The Morgan fingerprint density at radius 3 is 2.77 bits per heavy atom. The van der Waals surface area contributed by atoms with E-state index in [9.17, 15) is 5.11 Å². The molecular formula is C24H33NO. The van der Waals surface area contributed by atoms with Crippen molar-refractivity contribution in [2.45, 2.75) is 71.3 Å². The van der Waals surface area contributed by atoms with Crippen LogP contribution in [-0.4, -0.2) is 16.2 Å². The highest BCUT2D eigenvalue weighted by atomic mass is 16.3. The summed E-state index contributed by atoms with van der Waals surface area (Å²) in [4.78, 5) is 4.39. The third-order valence-corrected chi connectivity index (χ3v) is 9.19. The van der Waals surface area contributed by atoms with Crippen molar-refractivity contribution >= 4 is 5.57 Å². The molecule has 1 heterocycles. The van der Waals surface area contributed by atoms with Gasteiger partial charge in [-0.1, -0.05) is 26.0 Å². The Morgan fingerprint density at radius 1 is 1.08 bits per heavy atom. The molecule has 3 unspecified atom stereocenters. The van der Waals surface area contributed by atoms with Crippen LogP contribution in [0.3, 0.4) is 0 Å². The van der Waals surface area contributed by atoms with Gasteiger partial charge in [-0.25, -0.2) is 0 Å². The van der Waals surface area contributed by atoms with E-state index in [0.29, 0.717) is 10.8 Å². The van der Waals surface area contributed by atoms with Crippen molar-refractivity contribution in [1.82, 2.24) is 4.98 Å². The van der Waals surface area contributed by atoms with Crippen molar-refractivity contribution < 1.29 is 5.11 Å². The molecule has 2 nitrogen and oxygen atoms in total. The number of aliphatic hydroxyl groups is 1. The average molecular weight is 352 g/mol. The van der Waals surface area contributed by atoms with Crippen molar-refractivity contribution in [3.05, 3.63) is 36.2 Å². The van der Waals surface area contributed by atoms with Gasteiger partial charge in [-0.2, -0.15) is 0 Å². The molecule has 0 amide bonds. The number of hydrogen-bond acceptors (Lipinski definition) is 2. The van der Waals surface area contributed by atoms with Crippen LogP contribution in [0.4, 0.5) is 0 Å². The zero-order chi connectivity index (χ0) is 17.9. The van der Waals surface area contributed by atoms with E-state index >= 15 is 0 Å². The van der Waals surface area contributed by atoms with Crippen LogP contribution in [-0.2, 0) is 0 Å². The second-order valence-corrected chi connectivity index (χ2v) is 10.1. The molecule has 0 bridgehead atoms. The maximum absolute atomic E-state index is 10.2. The first-order chi connectivity index (χ1) is 12.5. The first kappa shape index (κ1) is 17.0. The molecule has 140 valence electrons. The van der Waals surface area contributed by atoms with Crippen LogP contribution in [0.1, 0.15) is 70.8 Å². The van der Waals surface area contributed by atoms with E-state index in [1.165, 1.54) is 44.1 Å². The summed E-state index contributed by atoms with van der Waals surface area (Å²) in [7, 11) is 0. The van der Waals surface area contributed by atoms with Crippen LogP contribution in [0.5, 0.6) is 0 Å². The molecular weight excluding hydrogens is 318 g/mol. The molecule has 0 aromatic carbocycles. The summed E-state index contributed by atoms with van der Waals surface area (Å²) in [6, 6.07) is 4.33. The lowest BCUT2D eigenvalue weighted by atomic mass is 9.44. The number of rotatable bonds is 1. The van der Waals surface area contributed by atoms with E-state index in [1.807, 2.05) is 6.20 Å². The standard InChI is InChI=1S/C24H33NO/c1-23-11-9-18(26)14-17(23)5-6-19-21-8-7-20(16-4-3-13-25-15-16)24(21,2)12-10-22(19)23/h3-4,7,13,15,17-19,21-22,26H,5-6,8-12,14H2,1-2H3/t17-,18-,19?,21?,22?,23+,24-/m1/s1. The van der Waals surface area contributed by atoms with Gasteiger partial charge >= 0.3 is 0 Å². The zero-order valence-electron chi connectivity index (χ0n) is 16.3. The van der Waals surface area contributed by atoms with Crippen LogP contribution in [0.15, 0.2) is 30.6 Å². The molecule has 7 atom stereocenters. The van der Waals surface area contributed by atoms with Crippen molar-refractivity contribution in [2.24, 2.45) is 34.5 Å². The lowest BCUT2D eigenvalue weighted by molar-refractivity contribution is -0.115. The number of nitrogens with zero attached hydrogens (tertiary/aromatic N) is 1. The first-order valence-corrected chi connectivity index (χ1v) is 10.8. The Labute approximate surface area is 158 Å². The minimum Gasteiger partial charge on any atom is -0.393 e. The molecule has 0 radical (unpaired) electrons. The second kappa shape index (κ2) is 5.92. The predicted molar refractivity (Wildman–Crippen MR) is 105 cm³/mol. The van der Waals surface area contributed by atoms with Crippen molar-refractivity contribution in [2.75, 3.05) is 0 Å². The summed E-state index contributed by atoms with van der Waals surface area (Å²) in [5.41, 5.74) is 3.72. The molecule has 2 heteroatoms. The van der Waals surface area contributed by atoms with Gasteiger partial charge in [0.1, 0.15) is 0 Å². The fourth-order valence-corrected chi connectivity index (χ4v) is 7.77.